The lowest BCUT2D eigenvalue weighted by molar-refractivity contribution is -0.150. The van der Waals surface area contributed by atoms with Gasteiger partial charge in [0.1, 0.15) is 22.9 Å². The molecule has 0 aromatic carbocycles. The summed E-state index contributed by atoms with van der Waals surface area (Å²) in [5.74, 6) is -6.55. The molecule has 3 heterocycles. The largest absolute Gasteiger partial charge is 0.477 e. The number of carboxylic acid groups (broad SMARTS) is 1. The number of carbonyl (C=O) groups excluding carboxylic acids is 3. The first-order valence-corrected chi connectivity index (χ1v) is 12.1. The van der Waals surface area contributed by atoms with E-state index >= 15 is 0 Å². The van der Waals surface area contributed by atoms with Crippen LogP contribution in [0.15, 0.2) is 16.4 Å². The summed E-state index contributed by atoms with van der Waals surface area (Å²) in [4.78, 5) is 52.3. The maximum absolute atomic E-state index is 12.6. The number of nitrogens with one attached hydrogen (secondary N) is 1. The predicted molar refractivity (Wildman–Crippen MR) is 110 cm³/mol. The van der Waals surface area contributed by atoms with E-state index in [1.165, 1.54) is 0 Å². The molecule has 1 aromatic heterocycles. The fourth-order valence-corrected chi connectivity index (χ4v) is 6.28. The lowest BCUT2D eigenvalue weighted by Crippen LogP contribution is -2.71. The van der Waals surface area contributed by atoms with Crippen molar-refractivity contribution in [3.05, 3.63) is 17.1 Å². The predicted octanol–water partition coefficient (Wildman–Crippen LogP) is -3.06. The van der Waals surface area contributed by atoms with Crippen molar-refractivity contribution >= 4 is 67.7 Å². The number of nitrogen functional groups attached to an aromatic ring is 1. The van der Waals surface area contributed by atoms with Crippen LogP contribution in [0.25, 0.3) is 0 Å². The van der Waals surface area contributed by atoms with Gasteiger partial charge in [0.2, 0.25) is 17.4 Å². The molecule has 2 aliphatic heterocycles. The number of oxime groups is 1. The van der Waals surface area contributed by atoms with Gasteiger partial charge in [-0.3, -0.25) is 19.3 Å². The number of nitrogens with zero attached hydrogens (tertiary/aromatic N) is 4. The smallest absolute Gasteiger partial charge is 0.352 e. The topological polar surface area (TPSA) is 248 Å². The van der Waals surface area contributed by atoms with Gasteiger partial charge in [-0.2, -0.15) is 9.36 Å². The normalized spacial score (nSPS) is 21.1. The Morgan fingerprint density at radius 1 is 1.34 bits per heavy atom. The lowest BCUT2D eigenvalue weighted by Gasteiger charge is -2.49. The van der Waals surface area contributed by atoms with Crippen LogP contribution in [0.2, 0.25) is 0 Å². The Morgan fingerprint density at radius 2 is 2.03 bits per heavy atom. The van der Waals surface area contributed by atoms with E-state index in [1.807, 2.05) is 0 Å². The number of hydrogen-bond acceptors (Lipinski definition) is 13. The van der Waals surface area contributed by atoms with E-state index in [2.05, 4.69) is 19.8 Å². The fourth-order valence-electron chi connectivity index (χ4n) is 3.06. The highest BCUT2D eigenvalue weighted by molar-refractivity contribution is 8.00. The van der Waals surface area contributed by atoms with Gasteiger partial charge in [0.25, 0.3) is 11.8 Å². The minimum atomic E-state index is -4.04. The summed E-state index contributed by atoms with van der Waals surface area (Å²) >= 11 is 1.76. The van der Waals surface area contributed by atoms with Crippen molar-refractivity contribution in [1.82, 2.24) is 19.6 Å². The Kier molecular flexibility index (Phi) is 6.37. The van der Waals surface area contributed by atoms with E-state index in [0.29, 0.717) is 0 Å². The maximum Gasteiger partial charge on any atom is 0.352 e. The van der Waals surface area contributed by atoms with Crippen molar-refractivity contribution in [3.8, 4) is 0 Å². The number of nitrogens with two attached hydrogens (primary N) is 2. The Morgan fingerprint density at radius 3 is 2.56 bits per heavy atom. The highest BCUT2D eigenvalue weighted by Gasteiger charge is 2.54. The molecule has 15 nitrogen and oxygen atoms in total. The van der Waals surface area contributed by atoms with Crippen LogP contribution in [0, 0.1) is 0 Å². The monoisotopic (exact) mass is 505 g/mol. The summed E-state index contributed by atoms with van der Waals surface area (Å²) in [6.07, 6.45) is 0. The molecular weight excluding hydrogens is 490 g/mol. The molecule has 0 saturated carbocycles. The number of carbonyl (C=O) groups is 4. The quantitative estimate of drug-likeness (QED) is 0.102. The summed E-state index contributed by atoms with van der Waals surface area (Å²) in [6.45, 7) is 0. The fraction of sp³-hybridized carbons (Fsp3) is 0.357. The molecule has 3 rings (SSSR count). The molecular formula is C14H15N7O8S3. The number of β-lactam (4-membered cyclic amide) rings is 1. The van der Waals surface area contributed by atoms with E-state index in [9.17, 15) is 32.7 Å². The van der Waals surface area contributed by atoms with Crippen molar-refractivity contribution in [2.75, 3.05) is 23.0 Å². The number of aromatic nitrogens is 2. The Hall–Kier alpha value is -3.25. The number of hydrogen-bond donors (Lipinski definition) is 5. The standard InChI is InChI=1S/C14H15N7O8S3/c15-5(22)3-32(28,29)2-4-1-30-12-7(11(24)21(12)8(4)13(25)26)17-10(23)6(19-27)9-18-14(16)31-20-9/h7,12,27H,1-3H2,(H2,15,22)(H,17,23)(H,25,26)(H2,16,18,20)/b19-6-/t7?,12-/m1/s1. The summed E-state index contributed by atoms with van der Waals surface area (Å²) < 4.78 is 27.9. The van der Waals surface area contributed by atoms with Crippen LogP contribution in [0.3, 0.4) is 0 Å². The molecule has 2 aliphatic rings. The first-order valence-electron chi connectivity index (χ1n) is 8.46. The Bertz CT molecular complexity index is 1170. The molecule has 1 unspecified atom stereocenters. The summed E-state index contributed by atoms with van der Waals surface area (Å²) in [5, 5.41) is 23.0. The number of anilines is 1. The SMILES string of the molecule is NC(=O)CS(=O)(=O)CC1=C(C(=O)O)N2C(=O)C(NC(=O)/C(=N\O)c3nsc(N)n3)[C@H]2SC1. The van der Waals surface area contributed by atoms with E-state index in [0.717, 1.165) is 28.2 Å². The highest BCUT2D eigenvalue weighted by atomic mass is 32.2. The van der Waals surface area contributed by atoms with Crippen molar-refractivity contribution in [2.45, 2.75) is 11.4 Å². The second kappa shape index (κ2) is 8.71. The zero-order valence-corrected chi connectivity index (χ0v) is 18.2. The van der Waals surface area contributed by atoms with Crippen molar-refractivity contribution in [2.24, 2.45) is 10.9 Å². The number of rotatable bonds is 8. The van der Waals surface area contributed by atoms with Gasteiger partial charge in [-0.15, -0.1) is 11.8 Å². The van der Waals surface area contributed by atoms with Gasteiger partial charge in [-0.05, 0) is 5.57 Å². The molecule has 1 aromatic rings. The minimum absolute atomic E-state index is 0.0118. The van der Waals surface area contributed by atoms with E-state index < -0.39 is 67.9 Å². The molecule has 1 saturated heterocycles. The average Bonchev–Trinajstić information content (AvgIpc) is 3.10. The molecule has 3 amide bonds. The second-order valence-electron chi connectivity index (χ2n) is 6.52. The van der Waals surface area contributed by atoms with Gasteiger partial charge in [-0.1, -0.05) is 5.16 Å². The molecule has 0 radical (unpaired) electrons. The number of aliphatic carboxylic acids is 1. The van der Waals surface area contributed by atoms with E-state index in [1.54, 1.807) is 0 Å². The van der Waals surface area contributed by atoms with Crippen LogP contribution in [0.1, 0.15) is 5.82 Å². The molecule has 18 heteroatoms. The molecule has 2 atom stereocenters. The Labute approximate surface area is 187 Å². The number of carboxylic acids is 1. The molecule has 0 bridgehead atoms. The zero-order valence-electron chi connectivity index (χ0n) is 15.8. The lowest BCUT2D eigenvalue weighted by atomic mass is 10.0. The molecule has 172 valence electrons. The second-order valence-corrected chi connectivity index (χ2v) is 10.5. The number of fused-ring (bicyclic) bond motifs is 1. The minimum Gasteiger partial charge on any atom is -0.477 e. The summed E-state index contributed by atoms with van der Waals surface area (Å²) in [7, 11) is -4.04. The molecule has 32 heavy (non-hydrogen) atoms. The van der Waals surface area contributed by atoms with E-state index in [4.69, 9.17) is 16.7 Å². The summed E-state index contributed by atoms with van der Waals surface area (Å²) in [6, 6.07) is -1.18. The maximum atomic E-state index is 12.6. The van der Waals surface area contributed by atoms with Crippen molar-refractivity contribution < 1.29 is 37.9 Å². The van der Waals surface area contributed by atoms with Crippen LogP contribution < -0.4 is 16.8 Å². The van der Waals surface area contributed by atoms with Crippen LogP contribution in [-0.2, 0) is 29.0 Å². The zero-order chi connectivity index (χ0) is 23.8. The van der Waals surface area contributed by atoms with Crippen LogP contribution >= 0.6 is 23.3 Å². The third-order valence-electron chi connectivity index (χ3n) is 4.26. The third-order valence-corrected chi connectivity index (χ3v) is 7.66. The number of amides is 3. The van der Waals surface area contributed by atoms with Gasteiger partial charge >= 0.3 is 5.97 Å². The number of primary amides is 1. The van der Waals surface area contributed by atoms with Crippen LogP contribution in [0.5, 0.6) is 0 Å². The van der Waals surface area contributed by atoms with Crippen molar-refractivity contribution in [1.29, 1.82) is 0 Å². The van der Waals surface area contributed by atoms with Crippen LogP contribution in [-0.4, -0.2) is 91.1 Å². The molecule has 7 N–H and O–H groups in total. The molecule has 0 aliphatic carbocycles. The van der Waals surface area contributed by atoms with Gasteiger partial charge in [-0.25, -0.2) is 13.2 Å². The highest BCUT2D eigenvalue weighted by Crippen LogP contribution is 2.40. The van der Waals surface area contributed by atoms with Gasteiger partial charge in [0, 0.05) is 17.3 Å². The first kappa shape index (κ1) is 23.4. The van der Waals surface area contributed by atoms with Gasteiger partial charge in [0.05, 0.1) is 5.75 Å². The number of sulfone groups is 1. The first-order chi connectivity index (χ1) is 14.9. The number of thioether (sulfide) groups is 1. The third kappa shape index (κ3) is 4.50. The van der Waals surface area contributed by atoms with E-state index in [-0.39, 0.29) is 22.3 Å². The van der Waals surface area contributed by atoms with Gasteiger partial charge in [0.15, 0.2) is 15.0 Å². The van der Waals surface area contributed by atoms with Crippen LogP contribution in [0.4, 0.5) is 5.13 Å². The van der Waals surface area contributed by atoms with Gasteiger partial charge < -0.3 is 27.1 Å². The molecule has 0 spiro atoms. The Balaban J connectivity index is 1.80. The summed E-state index contributed by atoms with van der Waals surface area (Å²) in [5.41, 5.74) is 9.11. The van der Waals surface area contributed by atoms with Crippen molar-refractivity contribution in [3.63, 3.8) is 0 Å². The average molecular weight is 506 g/mol. The molecule has 1 fully saturated rings.